The lowest BCUT2D eigenvalue weighted by molar-refractivity contribution is 0.152. The summed E-state index contributed by atoms with van der Waals surface area (Å²) in [6.07, 6.45) is 0.998. The van der Waals surface area contributed by atoms with Crippen LogP contribution in [0.4, 0.5) is 0 Å². The number of ether oxygens (including phenoxy) is 1. The standard InChI is InChI=1S/C16H27N3O.HI/c1-5-20-11-10-19-16(17-4)18-9-8-15-7-6-13(2)12-14(15)3;/h6-7,12H,5,8-11H2,1-4H3,(H2,17,18,19);1H. The summed E-state index contributed by atoms with van der Waals surface area (Å²) in [5.74, 6) is 0.828. The molecule has 0 atom stereocenters. The highest BCUT2D eigenvalue weighted by molar-refractivity contribution is 14.0. The molecule has 21 heavy (non-hydrogen) atoms. The van der Waals surface area contributed by atoms with Crippen LogP contribution in [0.5, 0.6) is 0 Å². The Morgan fingerprint density at radius 1 is 1.19 bits per heavy atom. The molecule has 120 valence electrons. The fraction of sp³-hybridized carbons (Fsp3) is 0.562. The topological polar surface area (TPSA) is 45.6 Å². The number of benzene rings is 1. The predicted octanol–water partition coefficient (Wildman–Crippen LogP) is 2.67. The van der Waals surface area contributed by atoms with Crippen molar-refractivity contribution in [2.45, 2.75) is 27.2 Å². The van der Waals surface area contributed by atoms with Crippen LogP contribution in [0.15, 0.2) is 23.2 Å². The fourth-order valence-corrected chi connectivity index (χ4v) is 2.05. The summed E-state index contributed by atoms with van der Waals surface area (Å²) in [7, 11) is 1.78. The zero-order valence-electron chi connectivity index (χ0n) is 13.5. The van der Waals surface area contributed by atoms with Crippen LogP contribution in [0.1, 0.15) is 23.6 Å². The molecular weight excluding hydrogens is 377 g/mol. The number of nitrogens with one attached hydrogen (secondary N) is 2. The molecule has 2 N–H and O–H groups in total. The highest BCUT2D eigenvalue weighted by atomic mass is 127. The van der Waals surface area contributed by atoms with Gasteiger partial charge < -0.3 is 15.4 Å². The van der Waals surface area contributed by atoms with Gasteiger partial charge >= 0.3 is 0 Å². The molecule has 1 rings (SSSR count). The van der Waals surface area contributed by atoms with Gasteiger partial charge in [0, 0.05) is 26.7 Å². The van der Waals surface area contributed by atoms with Crippen molar-refractivity contribution < 1.29 is 4.74 Å². The second-order valence-corrected chi connectivity index (χ2v) is 4.80. The van der Waals surface area contributed by atoms with Gasteiger partial charge in [-0.1, -0.05) is 23.8 Å². The number of rotatable bonds is 7. The van der Waals surface area contributed by atoms with Crippen molar-refractivity contribution in [3.63, 3.8) is 0 Å². The Hall–Kier alpha value is -0.820. The van der Waals surface area contributed by atoms with Crippen LogP contribution < -0.4 is 10.6 Å². The van der Waals surface area contributed by atoms with Crippen LogP contribution in [-0.4, -0.2) is 39.3 Å². The molecule has 0 aliphatic heterocycles. The molecule has 0 spiro atoms. The van der Waals surface area contributed by atoms with Gasteiger partial charge in [-0.2, -0.15) is 0 Å². The van der Waals surface area contributed by atoms with Crippen LogP contribution in [0.2, 0.25) is 0 Å². The van der Waals surface area contributed by atoms with Crippen LogP contribution in [-0.2, 0) is 11.2 Å². The Morgan fingerprint density at radius 3 is 2.52 bits per heavy atom. The maximum absolute atomic E-state index is 5.28. The zero-order valence-corrected chi connectivity index (χ0v) is 15.9. The van der Waals surface area contributed by atoms with Gasteiger partial charge in [0.15, 0.2) is 5.96 Å². The first-order chi connectivity index (χ1) is 9.67. The first-order valence-corrected chi connectivity index (χ1v) is 7.25. The molecule has 0 amide bonds. The van der Waals surface area contributed by atoms with E-state index in [0.717, 1.165) is 32.1 Å². The molecule has 1 aromatic rings. The number of nitrogens with zero attached hydrogens (tertiary/aromatic N) is 1. The molecule has 0 bridgehead atoms. The van der Waals surface area contributed by atoms with Gasteiger partial charge in [0.05, 0.1) is 6.61 Å². The molecule has 1 aromatic carbocycles. The number of hydrogen-bond acceptors (Lipinski definition) is 2. The van der Waals surface area contributed by atoms with E-state index in [9.17, 15) is 0 Å². The Bertz CT molecular complexity index is 436. The molecule has 5 heteroatoms. The maximum Gasteiger partial charge on any atom is 0.191 e. The van der Waals surface area contributed by atoms with Crippen molar-refractivity contribution in [1.29, 1.82) is 0 Å². The Kier molecular flexibility index (Phi) is 11.3. The van der Waals surface area contributed by atoms with Crippen LogP contribution in [0, 0.1) is 13.8 Å². The first kappa shape index (κ1) is 20.2. The highest BCUT2D eigenvalue weighted by Crippen LogP contribution is 2.10. The molecule has 0 heterocycles. The Balaban J connectivity index is 0.00000400. The lowest BCUT2D eigenvalue weighted by atomic mass is 10.0. The Morgan fingerprint density at radius 2 is 1.90 bits per heavy atom. The largest absolute Gasteiger partial charge is 0.380 e. The number of guanidine groups is 1. The average molecular weight is 405 g/mol. The SMILES string of the molecule is CCOCCNC(=NC)NCCc1ccc(C)cc1C.I. The minimum atomic E-state index is 0. The van der Waals surface area contributed by atoms with E-state index in [-0.39, 0.29) is 24.0 Å². The minimum absolute atomic E-state index is 0. The second-order valence-electron chi connectivity index (χ2n) is 4.80. The predicted molar refractivity (Wildman–Crippen MR) is 101 cm³/mol. The molecular formula is C16H28IN3O. The van der Waals surface area contributed by atoms with Gasteiger partial charge in [0.1, 0.15) is 0 Å². The van der Waals surface area contributed by atoms with E-state index in [1.807, 2.05) is 6.92 Å². The molecule has 0 radical (unpaired) electrons. The van der Waals surface area contributed by atoms with Crippen molar-refractivity contribution in [2.75, 3.05) is 33.4 Å². The third-order valence-corrected chi connectivity index (χ3v) is 3.15. The van der Waals surface area contributed by atoms with Crippen molar-refractivity contribution in [2.24, 2.45) is 4.99 Å². The van der Waals surface area contributed by atoms with E-state index >= 15 is 0 Å². The van der Waals surface area contributed by atoms with Gasteiger partial charge in [0.2, 0.25) is 0 Å². The van der Waals surface area contributed by atoms with Crippen LogP contribution in [0.3, 0.4) is 0 Å². The van der Waals surface area contributed by atoms with E-state index in [1.54, 1.807) is 7.05 Å². The fourth-order valence-electron chi connectivity index (χ4n) is 2.05. The van der Waals surface area contributed by atoms with E-state index in [0.29, 0.717) is 6.61 Å². The number of aryl methyl sites for hydroxylation is 2. The summed E-state index contributed by atoms with van der Waals surface area (Å²) >= 11 is 0. The van der Waals surface area contributed by atoms with E-state index in [4.69, 9.17) is 4.74 Å². The van der Waals surface area contributed by atoms with Crippen molar-refractivity contribution in [1.82, 2.24) is 10.6 Å². The minimum Gasteiger partial charge on any atom is -0.380 e. The smallest absolute Gasteiger partial charge is 0.191 e. The van der Waals surface area contributed by atoms with E-state index < -0.39 is 0 Å². The summed E-state index contributed by atoms with van der Waals surface area (Å²) in [6, 6.07) is 6.60. The summed E-state index contributed by atoms with van der Waals surface area (Å²) in [5.41, 5.74) is 4.05. The van der Waals surface area contributed by atoms with Crippen LogP contribution in [0.25, 0.3) is 0 Å². The molecule has 0 fully saturated rings. The summed E-state index contributed by atoms with van der Waals surface area (Å²) in [4.78, 5) is 4.19. The Labute approximate surface area is 145 Å². The summed E-state index contributed by atoms with van der Waals surface area (Å²) < 4.78 is 5.28. The number of hydrogen-bond donors (Lipinski definition) is 2. The molecule has 4 nitrogen and oxygen atoms in total. The van der Waals surface area contributed by atoms with Crippen molar-refractivity contribution in [3.05, 3.63) is 34.9 Å². The molecule has 0 aliphatic carbocycles. The number of aliphatic imine (C=N–C) groups is 1. The molecule has 0 aromatic heterocycles. The van der Waals surface area contributed by atoms with Gasteiger partial charge in [-0.15, -0.1) is 24.0 Å². The van der Waals surface area contributed by atoms with E-state index in [1.165, 1.54) is 16.7 Å². The maximum atomic E-state index is 5.28. The lowest BCUT2D eigenvalue weighted by Gasteiger charge is -2.12. The summed E-state index contributed by atoms with van der Waals surface area (Å²) in [5, 5.41) is 6.55. The number of halogens is 1. The van der Waals surface area contributed by atoms with Crippen molar-refractivity contribution >= 4 is 29.9 Å². The van der Waals surface area contributed by atoms with Crippen molar-refractivity contribution in [3.8, 4) is 0 Å². The third-order valence-electron chi connectivity index (χ3n) is 3.15. The second kappa shape index (κ2) is 11.8. The van der Waals surface area contributed by atoms with E-state index in [2.05, 4.69) is 47.7 Å². The zero-order chi connectivity index (χ0) is 14.8. The average Bonchev–Trinajstić information content (AvgIpc) is 2.43. The molecule has 0 unspecified atom stereocenters. The van der Waals surface area contributed by atoms with Gasteiger partial charge in [0.25, 0.3) is 0 Å². The van der Waals surface area contributed by atoms with Gasteiger partial charge in [-0.25, -0.2) is 0 Å². The quantitative estimate of drug-likeness (QED) is 0.317. The van der Waals surface area contributed by atoms with Gasteiger partial charge in [-0.05, 0) is 38.3 Å². The molecule has 0 saturated heterocycles. The van der Waals surface area contributed by atoms with Gasteiger partial charge in [-0.3, -0.25) is 4.99 Å². The molecule has 0 saturated carbocycles. The first-order valence-electron chi connectivity index (χ1n) is 7.25. The highest BCUT2D eigenvalue weighted by Gasteiger charge is 2.00. The molecule has 0 aliphatic rings. The normalized spacial score (nSPS) is 11.0. The monoisotopic (exact) mass is 405 g/mol. The third kappa shape index (κ3) is 8.26. The van der Waals surface area contributed by atoms with Crippen LogP contribution >= 0.6 is 24.0 Å². The lowest BCUT2D eigenvalue weighted by Crippen LogP contribution is -2.39. The summed E-state index contributed by atoms with van der Waals surface area (Å²) in [6.45, 7) is 9.39.